The molecule has 0 fully saturated rings. The van der Waals surface area contributed by atoms with Gasteiger partial charge in [-0.25, -0.2) is 13.4 Å². The average molecular weight is 759 g/mol. The van der Waals surface area contributed by atoms with Gasteiger partial charge in [0.15, 0.2) is 9.84 Å². The van der Waals surface area contributed by atoms with Crippen molar-refractivity contribution in [3.8, 4) is 236 Å². The lowest BCUT2D eigenvalue weighted by atomic mass is 10.0. The molecule has 1 aromatic heterocycles. The minimum Gasteiger partial charge on any atom is -0.345 e. The standard InChI is InChI=1S/C40H6.C14H12N2O2S/c1-3-5-7-9-11-13-15-17-19-21-23-25-27-29-31-33-35-37-39-40-38-36-34-32-30-28-26-24-22-20-18-16-14-12-10-8-6-4-2;1-19(17,18)11-7-5-10(6-8-11)12-3-2-4-13-14(12)16-9-15-13/h1-2H3;2-9H,1H3,(H,15,16). The van der Waals surface area contributed by atoms with E-state index in [0.717, 1.165) is 22.2 Å². The van der Waals surface area contributed by atoms with Crippen LogP contribution in [0.3, 0.4) is 0 Å². The molecule has 2 aromatic carbocycles. The molecule has 1 N–H and O–H groups in total. The molecule has 0 amide bonds. The number of sulfone groups is 1. The highest BCUT2D eigenvalue weighted by Gasteiger charge is 2.09. The minimum atomic E-state index is -3.16. The van der Waals surface area contributed by atoms with Gasteiger partial charge in [0.05, 0.1) is 22.3 Å². The Morgan fingerprint density at radius 1 is 0.407 bits per heavy atom. The molecule has 1 heterocycles. The Morgan fingerprint density at radius 3 is 0.966 bits per heavy atom. The van der Waals surface area contributed by atoms with Crippen LogP contribution < -0.4 is 0 Å². The molecule has 0 saturated carbocycles. The molecular formula is C54H18N2O2S. The first kappa shape index (κ1) is 44.7. The predicted molar refractivity (Wildman–Crippen MR) is 234 cm³/mol. The number of hydrogen-bond acceptors (Lipinski definition) is 3. The highest BCUT2D eigenvalue weighted by atomic mass is 32.2. The van der Waals surface area contributed by atoms with E-state index in [-0.39, 0.29) is 0 Å². The number of nitrogens with one attached hydrogen (secondary N) is 1. The Labute approximate surface area is 347 Å². The number of aromatic amines is 1. The van der Waals surface area contributed by atoms with Gasteiger partial charge in [-0.1, -0.05) is 36.1 Å². The lowest BCUT2D eigenvalue weighted by molar-refractivity contribution is 0.602. The van der Waals surface area contributed by atoms with Gasteiger partial charge in [0.25, 0.3) is 0 Å². The van der Waals surface area contributed by atoms with Gasteiger partial charge >= 0.3 is 0 Å². The van der Waals surface area contributed by atoms with Crippen molar-refractivity contribution in [2.24, 2.45) is 0 Å². The van der Waals surface area contributed by atoms with Crippen molar-refractivity contribution >= 4 is 20.9 Å². The van der Waals surface area contributed by atoms with E-state index < -0.39 is 9.84 Å². The fourth-order valence-corrected chi connectivity index (χ4v) is 3.90. The zero-order chi connectivity index (χ0) is 42.3. The largest absolute Gasteiger partial charge is 0.345 e. The van der Waals surface area contributed by atoms with Gasteiger partial charge in [-0.15, -0.1) is 0 Å². The fraction of sp³-hybridized carbons (Fsp3) is 0.0556. The topological polar surface area (TPSA) is 62.8 Å². The second-order valence-electron chi connectivity index (χ2n) is 9.40. The molecule has 262 valence electrons. The number of aromatic nitrogens is 2. The lowest BCUT2D eigenvalue weighted by Gasteiger charge is -2.04. The fourth-order valence-electron chi connectivity index (χ4n) is 3.27. The molecule has 0 atom stereocenters. The molecule has 0 radical (unpaired) electrons. The van der Waals surface area contributed by atoms with Crippen molar-refractivity contribution in [2.75, 3.05) is 6.26 Å². The molecule has 0 saturated heterocycles. The lowest BCUT2D eigenvalue weighted by Crippen LogP contribution is -1.96. The zero-order valence-corrected chi connectivity index (χ0v) is 32.1. The number of para-hydroxylation sites is 1. The Balaban J connectivity index is 0.000000516. The van der Waals surface area contributed by atoms with Crippen LogP contribution in [-0.2, 0) is 9.84 Å². The van der Waals surface area contributed by atoms with Gasteiger partial charge in [-0.05, 0) is 132 Å². The summed E-state index contributed by atoms with van der Waals surface area (Å²) >= 11 is 0. The van der Waals surface area contributed by atoms with E-state index in [1.165, 1.54) is 6.26 Å². The number of hydrogen-bond donors (Lipinski definition) is 1. The molecule has 0 aliphatic heterocycles. The van der Waals surface area contributed by atoms with E-state index in [2.05, 4.69) is 235 Å². The third kappa shape index (κ3) is 22.2. The van der Waals surface area contributed by atoms with E-state index in [9.17, 15) is 8.42 Å². The molecule has 0 spiro atoms. The van der Waals surface area contributed by atoms with Crippen LogP contribution in [0.2, 0.25) is 0 Å². The van der Waals surface area contributed by atoms with E-state index in [1.54, 1.807) is 44.4 Å². The van der Waals surface area contributed by atoms with Crippen molar-refractivity contribution in [1.29, 1.82) is 0 Å². The van der Waals surface area contributed by atoms with Crippen molar-refractivity contribution in [2.45, 2.75) is 18.7 Å². The van der Waals surface area contributed by atoms with Gasteiger partial charge in [0.2, 0.25) is 0 Å². The van der Waals surface area contributed by atoms with Crippen LogP contribution in [0.4, 0.5) is 0 Å². The Bertz CT molecular complexity index is 3370. The smallest absolute Gasteiger partial charge is 0.175 e. The van der Waals surface area contributed by atoms with Crippen molar-refractivity contribution in [1.82, 2.24) is 9.97 Å². The zero-order valence-electron chi connectivity index (χ0n) is 31.3. The second kappa shape index (κ2) is 30.0. The molecule has 3 aromatic rings. The second-order valence-corrected chi connectivity index (χ2v) is 11.4. The summed E-state index contributed by atoms with van der Waals surface area (Å²) < 4.78 is 22.9. The predicted octanol–water partition coefficient (Wildman–Crippen LogP) is 3.72. The SMILES string of the molecule is CC#CC#CC#CC#CC#CC#CC#CC#CC#CC#CC#CC#CC#CC#CC#CC#CC#CC#CC#CC.CS(=O)(=O)c1ccc(-c2cccc3[nH]cnc23)cc1. The summed E-state index contributed by atoms with van der Waals surface area (Å²) in [7, 11) is -3.16. The van der Waals surface area contributed by atoms with Crippen LogP contribution in [0.25, 0.3) is 22.2 Å². The van der Waals surface area contributed by atoms with E-state index in [0.29, 0.717) is 4.90 Å². The first-order chi connectivity index (χ1) is 29.0. The Kier molecular flexibility index (Phi) is 22.7. The molecule has 59 heavy (non-hydrogen) atoms. The van der Waals surface area contributed by atoms with Crippen molar-refractivity contribution in [3.63, 3.8) is 0 Å². The van der Waals surface area contributed by atoms with Crippen LogP contribution in [0, 0.1) is 225 Å². The Hall–Kier alpha value is -10.5. The highest BCUT2D eigenvalue weighted by molar-refractivity contribution is 7.90. The maximum atomic E-state index is 11.4. The number of rotatable bonds is 2. The highest BCUT2D eigenvalue weighted by Crippen LogP contribution is 2.27. The van der Waals surface area contributed by atoms with Crippen LogP contribution in [0.1, 0.15) is 13.8 Å². The number of nitrogens with zero attached hydrogens (tertiary/aromatic N) is 1. The third-order valence-electron chi connectivity index (χ3n) is 5.48. The monoisotopic (exact) mass is 758 g/mol. The number of imidazole rings is 1. The summed E-state index contributed by atoms with van der Waals surface area (Å²) in [6, 6.07) is 12.7. The average Bonchev–Trinajstić information content (AvgIpc) is 3.73. The van der Waals surface area contributed by atoms with Gasteiger partial charge in [0, 0.05) is 130 Å². The van der Waals surface area contributed by atoms with Gasteiger partial charge < -0.3 is 4.98 Å². The molecule has 0 unspecified atom stereocenters. The van der Waals surface area contributed by atoms with Crippen molar-refractivity contribution in [3.05, 3.63) is 48.8 Å². The Morgan fingerprint density at radius 2 is 0.695 bits per heavy atom. The summed E-state index contributed by atoms with van der Waals surface area (Å²) in [5, 5.41) is 0. The van der Waals surface area contributed by atoms with Crippen LogP contribution in [0.5, 0.6) is 0 Å². The minimum absolute atomic E-state index is 0.324. The molecule has 5 heteroatoms. The van der Waals surface area contributed by atoms with Crippen LogP contribution in [-0.4, -0.2) is 24.6 Å². The molecule has 0 bridgehead atoms. The normalized spacial score (nSPS) is 6.49. The van der Waals surface area contributed by atoms with Gasteiger partial charge in [-0.2, -0.15) is 0 Å². The maximum absolute atomic E-state index is 11.4. The first-order valence-corrected chi connectivity index (χ1v) is 17.9. The summed E-state index contributed by atoms with van der Waals surface area (Å²) in [5.41, 5.74) is 3.78. The van der Waals surface area contributed by atoms with Gasteiger partial charge in [-0.3, -0.25) is 0 Å². The number of benzene rings is 2. The number of fused-ring (bicyclic) bond motifs is 1. The molecule has 0 aliphatic carbocycles. The van der Waals surface area contributed by atoms with Gasteiger partial charge in [0.1, 0.15) is 0 Å². The first-order valence-electron chi connectivity index (χ1n) is 16.0. The quantitative estimate of drug-likeness (QED) is 0.406. The molecule has 4 nitrogen and oxygen atoms in total. The third-order valence-corrected chi connectivity index (χ3v) is 6.61. The van der Waals surface area contributed by atoms with E-state index in [4.69, 9.17) is 0 Å². The summed E-state index contributed by atoms with van der Waals surface area (Å²) in [6.45, 7) is 3.38. The molecule has 0 aliphatic rings. The van der Waals surface area contributed by atoms with Crippen molar-refractivity contribution < 1.29 is 8.42 Å². The summed E-state index contributed by atoms with van der Waals surface area (Å²) in [5.74, 6) is 95.6. The summed E-state index contributed by atoms with van der Waals surface area (Å²) in [6.07, 6.45) is 2.86. The molecule has 3 rings (SSSR count). The van der Waals surface area contributed by atoms with E-state index in [1.807, 2.05) is 18.2 Å². The van der Waals surface area contributed by atoms with Crippen LogP contribution >= 0.6 is 0 Å². The molecular weight excluding hydrogens is 741 g/mol. The maximum Gasteiger partial charge on any atom is 0.175 e. The summed E-state index contributed by atoms with van der Waals surface area (Å²) in [4.78, 5) is 7.68. The van der Waals surface area contributed by atoms with Crippen LogP contribution in [0.15, 0.2) is 53.7 Å². The van der Waals surface area contributed by atoms with E-state index >= 15 is 0 Å². The number of H-pyrrole nitrogens is 1.